The van der Waals surface area contributed by atoms with Crippen molar-refractivity contribution < 1.29 is 9.53 Å². The molecule has 1 heterocycles. The highest BCUT2D eigenvalue weighted by Gasteiger charge is 2.20. The van der Waals surface area contributed by atoms with E-state index in [1.54, 1.807) is 0 Å². The fourth-order valence-corrected chi connectivity index (χ4v) is 1.10. The van der Waals surface area contributed by atoms with Gasteiger partial charge < -0.3 is 4.74 Å². The Hall–Kier alpha value is -0.790. The molecule has 1 aliphatic rings. The van der Waals surface area contributed by atoms with Crippen molar-refractivity contribution in [2.45, 2.75) is 19.8 Å². The van der Waals surface area contributed by atoms with Gasteiger partial charge >= 0.3 is 5.97 Å². The van der Waals surface area contributed by atoms with Crippen LogP contribution >= 0.6 is 0 Å². The van der Waals surface area contributed by atoms with Gasteiger partial charge in [0.1, 0.15) is 0 Å². The van der Waals surface area contributed by atoms with Gasteiger partial charge in [-0.15, -0.1) is 0 Å². The van der Waals surface area contributed by atoms with E-state index in [1.165, 1.54) is 0 Å². The summed E-state index contributed by atoms with van der Waals surface area (Å²) in [6.07, 6.45) is 1.47. The second-order valence-corrected chi connectivity index (χ2v) is 2.76. The maximum atomic E-state index is 10.7. The van der Waals surface area contributed by atoms with E-state index in [-0.39, 0.29) is 5.97 Å². The van der Waals surface area contributed by atoms with Gasteiger partial charge in [-0.2, -0.15) is 0 Å². The minimum Gasteiger partial charge on any atom is -0.466 e. The summed E-state index contributed by atoms with van der Waals surface area (Å²) in [6, 6.07) is 0. The number of carbonyl (C=O) groups excluding carboxylic acids is 1. The van der Waals surface area contributed by atoms with Crippen LogP contribution in [0.5, 0.6) is 0 Å². The predicted molar refractivity (Wildman–Crippen MR) is 38.5 cm³/mol. The molecule has 10 heavy (non-hydrogen) atoms. The maximum absolute atomic E-state index is 10.7. The smallest absolute Gasteiger partial charge is 0.306 e. The van der Waals surface area contributed by atoms with Crippen molar-refractivity contribution in [2.75, 3.05) is 6.61 Å². The Morgan fingerprint density at radius 2 is 2.50 bits per heavy atom. The molecule has 0 saturated carbocycles. The van der Waals surface area contributed by atoms with Gasteiger partial charge in [-0.3, -0.25) is 4.79 Å². The average Bonchev–Trinajstić information content (AvgIpc) is 1.88. The molecule has 1 aliphatic heterocycles. The third kappa shape index (κ3) is 1.59. The number of hydrogen-bond acceptors (Lipinski definition) is 2. The largest absolute Gasteiger partial charge is 0.466 e. The van der Waals surface area contributed by atoms with E-state index < -0.39 is 0 Å². The van der Waals surface area contributed by atoms with E-state index in [4.69, 9.17) is 4.74 Å². The van der Waals surface area contributed by atoms with Crippen molar-refractivity contribution >= 4 is 5.97 Å². The molecule has 0 aromatic carbocycles. The monoisotopic (exact) mass is 140 g/mol. The summed E-state index contributed by atoms with van der Waals surface area (Å²) in [5.74, 6) is 0.278. The molecule has 2 heteroatoms. The summed E-state index contributed by atoms with van der Waals surface area (Å²) in [5, 5.41) is 0. The first-order chi connectivity index (χ1) is 4.70. The van der Waals surface area contributed by atoms with Crippen LogP contribution in [0.1, 0.15) is 19.8 Å². The van der Waals surface area contributed by atoms with Crippen LogP contribution in [0.2, 0.25) is 0 Å². The summed E-state index contributed by atoms with van der Waals surface area (Å²) in [4.78, 5) is 10.7. The Kier molecular flexibility index (Phi) is 2.10. The summed E-state index contributed by atoms with van der Waals surface area (Å²) in [7, 11) is 0. The molecule has 1 rings (SSSR count). The summed E-state index contributed by atoms with van der Waals surface area (Å²) in [5.41, 5.74) is 1.09. The van der Waals surface area contributed by atoms with E-state index in [1.807, 2.05) is 6.92 Å². The minimum atomic E-state index is -0.0840. The Morgan fingerprint density at radius 1 is 1.80 bits per heavy atom. The molecule has 0 bridgehead atoms. The molecule has 0 spiro atoms. The molecule has 0 amide bonds. The molecule has 0 N–H and O–H groups in total. The van der Waals surface area contributed by atoms with Gasteiger partial charge in [-0.25, -0.2) is 0 Å². The summed E-state index contributed by atoms with van der Waals surface area (Å²) < 4.78 is 4.78. The highest BCUT2D eigenvalue weighted by Crippen LogP contribution is 2.21. The Morgan fingerprint density at radius 3 is 2.90 bits per heavy atom. The number of esters is 1. The topological polar surface area (TPSA) is 26.3 Å². The first-order valence-corrected chi connectivity index (χ1v) is 3.51. The van der Waals surface area contributed by atoms with E-state index in [0.717, 1.165) is 12.0 Å². The average molecular weight is 140 g/mol. The van der Waals surface area contributed by atoms with E-state index in [2.05, 4.69) is 6.58 Å². The van der Waals surface area contributed by atoms with E-state index in [0.29, 0.717) is 18.9 Å². The van der Waals surface area contributed by atoms with Gasteiger partial charge in [0.05, 0.1) is 13.0 Å². The number of rotatable bonds is 1. The second-order valence-electron chi connectivity index (χ2n) is 2.76. The normalized spacial score (nSPS) is 25.7. The lowest BCUT2D eigenvalue weighted by Gasteiger charge is -2.20. The van der Waals surface area contributed by atoms with Crippen LogP contribution in [0, 0.1) is 5.92 Å². The molecular formula is C8H12O2. The zero-order valence-corrected chi connectivity index (χ0v) is 6.22. The lowest BCUT2D eigenvalue weighted by atomic mass is 9.93. The van der Waals surface area contributed by atoms with Gasteiger partial charge in [-0.05, 0) is 19.3 Å². The SMILES string of the molecule is C=C(C)C1CCOC(=O)C1. The second kappa shape index (κ2) is 2.86. The number of cyclic esters (lactones) is 1. The van der Waals surface area contributed by atoms with Crippen LogP contribution in [-0.2, 0) is 9.53 Å². The Balaban J connectivity index is 2.47. The fraction of sp³-hybridized carbons (Fsp3) is 0.625. The molecule has 1 atom stereocenters. The first kappa shape index (κ1) is 7.32. The van der Waals surface area contributed by atoms with Crippen molar-refractivity contribution in [2.24, 2.45) is 5.92 Å². The third-order valence-corrected chi connectivity index (χ3v) is 1.84. The van der Waals surface area contributed by atoms with Gasteiger partial charge in [0, 0.05) is 0 Å². The summed E-state index contributed by atoms with van der Waals surface area (Å²) >= 11 is 0. The highest BCUT2D eigenvalue weighted by molar-refractivity contribution is 5.70. The van der Waals surface area contributed by atoms with Crippen LogP contribution in [0.4, 0.5) is 0 Å². The quantitative estimate of drug-likeness (QED) is 0.407. The molecule has 0 aromatic heterocycles. The third-order valence-electron chi connectivity index (χ3n) is 1.84. The van der Waals surface area contributed by atoms with Crippen LogP contribution in [0.3, 0.4) is 0 Å². The Bertz CT molecular complexity index is 159. The van der Waals surface area contributed by atoms with Gasteiger partial charge in [-0.1, -0.05) is 12.2 Å². The molecule has 56 valence electrons. The van der Waals surface area contributed by atoms with Crippen molar-refractivity contribution in [1.29, 1.82) is 0 Å². The minimum absolute atomic E-state index is 0.0840. The molecule has 0 aromatic rings. The zero-order valence-electron chi connectivity index (χ0n) is 6.22. The first-order valence-electron chi connectivity index (χ1n) is 3.51. The van der Waals surface area contributed by atoms with Crippen LogP contribution in [-0.4, -0.2) is 12.6 Å². The molecule has 1 unspecified atom stereocenters. The number of allylic oxidation sites excluding steroid dienone is 1. The number of carbonyl (C=O) groups is 1. The van der Waals surface area contributed by atoms with Gasteiger partial charge in [0.2, 0.25) is 0 Å². The molecule has 2 nitrogen and oxygen atoms in total. The van der Waals surface area contributed by atoms with Crippen molar-refractivity contribution in [3.8, 4) is 0 Å². The maximum Gasteiger partial charge on any atom is 0.306 e. The van der Waals surface area contributed by atoms with E-state index in [9.17, 15) is 4.79 Å². The number of ether oxygens (including phenoxy) is 1. The predicted octanol–water partition coefficient (Wildman–Crippen LogP) is 1.52. The molecule has 0 aliphatic carbocycles. The Labute approximate surface area is 60.9 Å². The van der Waals surface area contributed by atoms with E-state index >= 15 is 0 Å². The summed E-state index contributed by atoms with van der Waals surface area (Å²) in [6.45, 7) is 6.33. The zero-order chi connectivity index (χ0) is 7.56. The molecular weight excluding hydrogens is 128 g/mol. The standard InChI is InChI=1S/C8H12O2/c1-6(2)7-3-4-10-8(9)5-7/h7H,1,3-5H2,2H3. The van der Waals surface area contributed by atoms with Crippen molar-refractivity contribution in [3.05, 3.63) is 12.2 Å². The van der Waals surface area contributed by atoms with Crippen LogP contribution < -0.4 is 0 Å². The van der Waals surface area contributed by atoms with Crippen LogP contribution in [0.15, 0.2) is 12.2 Å². The lowest BCUT2D eigenvalue weighted by molar-refractivity contribution is -0.148. The lowest BCUT2D eigenvalue weighted by Crippen LogP contribution is -2.21. The fourth-order valence-electron chi connectivity index (χ4n) is 1.10. The van der Waals surface area contributed by atoms with Crippen LogP contribution in [0.25, 0.3) is 0 Å². The van der Waals surface area contributed by atoms with Gasteiger partial charge in [0.25, 0.3) is 0 Å². The molecule has 0 radical (unpaired) electrons. The highest BCUT2D eigenvalue weighted by atomic mass is 16.5. The van der Waals surface area contributed by atoms with Crippen molar-refractivity contribution in [3.63, 3.8) is 0 Å². The number of hydrogen-bond donors (Lipinski definition) is 0. The van der Waals surface area contributed by atoms with Gasteiger partial charge in [0.15, 0.2) is 0 Å². The molecule has 1 saturated heterocycles. The molecule has 1 fully saturated rings. The van der Waals surface area contributed by atoms with Crippen molar-refractivity contribution in [1.82, 2.24) is 0 Å².